The van der Waals surface area contributed by atoms with Crippen LogP contribution in [0.4, 0.5) is 11.8 Å². The standard InChI is InChI=1S/C10H13N5O5.C5H6N2O2.C4H5N3O/c11-10-13-7-4(8(19)14-10)12-2-15(7)9-6(18)5(17)3(1-16)20-9;1-3-2-6-5(9)7-4(3)8;5-3-1-2-6-4(8)7-3/h2-3,5-6,9,16-18H,1H2,(H3,11,13,14,19);2H,1H3,(H2,6,7,8,9);1-2H,(H3,5,6,7,8)/t3-,5-,6-,9-;;/m1../s1. The molecule has 1 saturated heterocycles. The maximum Gasteiger partial charge on any atom is 0.346 e. The van der Waals surface area contributed by atoms with Gasteiger partial charge in [-0.05, 0) is 13.0 Å². The molecule has 0 amide bonds. The van der Waals surface area contributed by atoms with Gasteiger partial charge in [0.1, 0.15) is 24.1 Å². The number of nitrogens with zero attached hydrogens (tertiary/aromatic N) is 4. The fourth-order valence-corrected chi connectivity index (χ4v) is 3.10. The van der Waals surface area contributed by atoms with E-state index in [1.165, 1.54) is 29.4 Å². The number of hydrogen-bond acceptors (Lipinski definition) is 13. The lowest BCUT2D eigenvalue weighted by molar-refractivity contribution is -0.0511. The average molecular weight is 520 g/mol. The van der Waals surface area contributed by atoms with Crippen molar-refractivity contribution in [2.45, 2.75) is 31.5 Å². The van der Waals surface area contributed by atoms with Gasteiger partial charge in [-0.1, -0.05) is 0 Å². The van der Waals surface area contributed by atoms with Gasteiger partial charge in [0.2, 0.25) is 5.95 Å². The zero-order chi connectivity index (χ0) is 27.3. The second kappa shape index (κ2) is 11.4. The number of nitrogens with one attached hydrogen (secondary N) is 4. The average Bonchev–Trinajstić information content (AvgIpc) is 3.38. The van der Waals surface area contributed by atoms with Gasteiger partial charge in [0.15, 0.2) is 17.4 Å². The van der Waals surface area contributed by atoms with E-state index in [-0.39, 0.29) is 22.7 Å². The maximum absolute atomic E-state index is 11.7. The second-order valence-corrected chi connectivity index (χ2v) is 7.59. The third-order valence-corrected chi connectivity index (χ3v) is 4.94. The van der Waals surface area contributed by atoms with Gasteiger partial charge in [0.25, 0.3) is 11.1 Å². The van der Waals surface area contributed by atoms with Crippen molar-refractivity contribution in [3.63, 3.8) is 0 Å². The molecule has 5 heterocycles. The first kappa shape index (κ1) is 26.9. The first-order valence-electron chi connectivity index (χ1n) is 10.5. The fraction of sp³-hybridized carbons (Fsp3) is 0.316. The zero-order valence-corrected chi connectivity index (χ0v) is 19.2. The molecule has 4 aromatic heterocycles. The summed E-state index contributed by atoms with van der Waals surface area (Å²) in [5, 5.41) is 28.7. The van der Waals surface area contributed by atoms with E-state index in [2.05, 4.69) is 34.9 Å². The molecular weight excluding hydrogens is 496 g/mol. The summed E-state index contributed by atoms with van der Waals surface area (Å²) in [6, 6.07) is 1.52. The number of aliphatic hydroxyl groups excluding tert-OH is 3. The molecule has 4 aromatic rings. The number of aliphatic hydroxyl groups is 3. The van der Waals surface area contributed by atoms with Crippen LogP contribution in [0.3, 0.4) is 0 Å². The molecule has 0 saturated carbocycles. The summed E-state index contributed by atoms with van der Waals surface area (Å²) in [6.07, 6.45) is -0.483. The Kier molecular flexibility index (Phi) is 8.30. The highest BCUT2D eigenvalue weighted by molar-refractivity contribution is 5.70. The van der Waals surface area contributed by atoms with E-state index in [0.29, 0.717) is 11.4 Å². The molecule has 18 heteroatoms. The van der Waals surface area contributed by atoms with Crippen LogP contribution in [0.25, 0.3) is 11.2 Å². The minimum atomic E-state index is -1.29. The Bertz CT molecular complexity index is 1590. The summed E-state index contributed by atoms with van der Waals surface area (Å²) < 4.78 is 6.64. The number of aromatic nitrogens is 8. The van der Waals surface area contributed by atoms with E-state index < -0.39 is 48.1 Å². The monoisotopic (exact) mass is 520 g/mol. The number of aryl methyl sites for hydroxylation is 1. The maximum atomic E-state index is 11.7. The topological polar surface area (TPSA) is 297 Å². The van der Waals surface area contributed by atoms with Crippen LogP contribution in [0.5, 0.6) is 0 Å². The van der Waals surface area contributed by atoms with Gasteiger partial charge in [-0.2, -0.15) is 4.98 Å². The Hall–Kier alpha value is -4.65. The Labute approximate surface area is 204 Å². The number of rotatable bonds is 2. The van der Waals surface area contributed by atoms with Gasteiger partial charge >= 0.3 is 11.4 Å². The number of imidazole rings is 1. The molecule has 0 radical (unpaired) electrons. The zero-order valence-electron chi connectivity index (χ0n) is 19.2. The van der Waals surface area contributed by atoms with Crippen LogP contribution >= 0.6 is 0 Å². The number of nitrogens with two attached hydrogens (primary N) is 2. The third-order valence-electron chi connectivity index (χ3n) is 4.94. The predicted molar refractivity (Wildman–Crippen MR) is 127 cm³/mol. The van der Waals surface area contributed by atoms with Crippen molar-refractivity contribution in [1.82, 2.24) is 39.5 Å². The molecule has 0 bridgehead atoms. The second-order valence-electron chi connectivity index (χ2n) is 7.59. The number of nitrogen functional groups attached to an aromatic ring is 2. The van der Waals surface area contributed by atoms with Crippen molar-refractivity contribution in [2.24, 2.45) is 0 Å². The lowest BCUT2D eigenvalue weighted by atomic mass is 10.1. The van der Waals surface area contributed by atoms with E-state index in [0.717, 1.165) is 0 Å². The Morgan fingerprint density at radius 3 is 2.32 bits per heavy atom. The van der Waals surface area contributed by atoms with E-state index in [4.69, 9.17) is 21.3 Å². The molecule has 37 heavy (non-hydrogen) atoms. The molecule has 18 nitrogen and oxygen atoms in total. The van der Waals surface area contributed by atoms with Crippen molar-refractivity contribution in [2.75, 3.05) is 18.1 Å². The van der Waals surface area contributed by atoms with Gasteiger partial charge < -0.3 is 36.5 Å². The first-order valence-corrected chi connectivity index (χ1v) is 10.5. The molecule has 0 spiro atoms. The Morgan fingerprint density at radius 2 is 1.78 bits per heavy atom. The number of aromatic amines is 4. The highest BCUT2D eigenvalue weighted by Crippen LogP contribution is 2.30. The fourth-order valence-electron chi connectivity index (χ4n) is 3.10. The van der Waals surface area contributed by atoms with Gasteiger partial charge in [-0.15, -0.1) is 0 Å². The van der Waals surface area contributed by atoms with Crippen molar-refractivity contribution >= 4 is 22.9 Å². The number of H-pyrrole nitrogens is 4. The quantitative estimate of drug-likeness (QED) is 0.122. The molecule has 0 aliphatic carbocycles. The number of hydrogen-bond donors (Lipinski definition) is 9. The molecule has 1 fully saturated rings. The minimum absolute atomic E-state index is 0.0388. The molecule has 1 aliphatic rings. The summed E-state index contributed by atoms with van der Waals surface area (Å²) in [5.74, 6) is 0.237. The van der Waals surface area contributed by atoms with Gasteiger partial charge in [-0.25, -0.2) is 19.6 Å². The molecule has 0 aromatic carbocycles. The largest absolute Gasteiger partial charge is 0.394 e. The minimum Gasteiger partial charge on any atom is -0.394 e. The smallest absolute Gasteiger partial charge is 0.346 e. The molecule has 1 aliphatic heterocycles. The molecule has 4 atom stereocenters. The number of anilines is 2. The van der Waals surface area contributed by atoms with Crippen LogP contribution in [-0.2, 0) is 4.74 Å². The molecule has 198 valence electrons. The van der Waals surface area contributed by atoms with E-state index in [1.807, 2.05) is 0 Å². The van der Waals surface area contributed by atoms with Gasteiger partial charge in [0, 0.05) is 18.0 Å². The first-order chi connectivity index (χ1) is 17.5. The van der Waals surface area contributed by atoms with Crippen molar-refractivity contribution in [3.8, 4) is 0 Å². The summed E-state index contributed by atoms with van der Waals surface area (Å²) in [4.78, 5) is 62.9. The van der Waals surface area contributed by atoms with Crippen molar-refractivity contribution in [3.05, 3.63) is 72.0 Å². The molecule has 0 unspecified atom stereocenters. The van der Waals surface area contributed by atoms with Crippen LogP contribution in [0.1, 0.15) is 11.8 Å². The predicted octanol–water partition coefficient (Wildman–Crippen LogP) is -3.96. The van der Waals surface area contributed by atoms with Crippen LogP contribution < -0.4 is 34.0 Å². The van der Waals surface area contributed by atoms with Crippen LogP contribution in [0.2, 0.25) is 0 Å². The molecular formula is C19H24N10O8. The van der Waals surface area contributed by atoms with Crippen LogP contribution in [0.15, 0.2) is 44.0 Å². The number of fused-ring (bicyclic) bond motifs is 1. The summed E-state index contributed by atoms with van der Waals surface area (Å²) in [5.41, 5.74) is 9.57. The third kappa shape index (κ3) is 6.32. The summed E-state index contributed by atoms with van der Waals surface area (Å²) >= 11 is 0. The van der Waals surface area contributed by atoms with E-state index >= 15 is 0 Å². The molecule has 11 N–H and O–H groups in total. The summed E-state index contributed by atoms with van der Waals surface area (Å²) in [7, 11) is 0. The van der Waals surface area contributed by atoms with E-state index in [1.54, 1.807) is 6.92 Å². The molecule has 5 rings (SSSR count). The SMILES string of the molecule is Cc1c[nH]c(=O)[nH]c1=O.Nc1ccnc(=O)[nH]1.Nc1nc2c(ncn2[C@@H]2O[C@H](CO)[C@@H](O)[C@H]2O)c(=O)[nH]1. The van der Waals surface area contributed by atoms with Crippen molar-refractivity contribution < 1.29 is 20.1 Å². The highest BCUT2D eigenvalue weighted by atomic mass is 16.6. The Morgan fingerprint density at radius 1 is 1.05 bits per heavy atom. The van der Waals surface area contributed by atoms with Crippen molar-refractivity contribution in [1.29, 1.82) is 0 Å². The van der Waals surface area contributed by atoms with Crippen LogP contribution in [-0.4, -0.2) is 79.7 Å². The van der Waals surface area contributed by atoms with E-state index in [9.17, 15) is 29.4 Å². The highest BCUT2D eigenvalue weighted by Gasteiger charge is 2.44. The van der Waals surface area contributed by atoms with Gasteiger partial charge in [0.05, 0.1) is 12.9 Å². The van der Waals surface area contributed by atoms with Gasteiger partial charge in [-0.3, -0.25) is 29.1 Å². The number of ether oxygens (including phenoxy) is 1. The Balaban J connectivity index is 0.000000184. The normalized spacial score (nSPS) is 20.5. The van der Waals surface area contributed by atoms with Crippen LogP contribution in [0, 0.1) is 6.92 Å². The lowest BCUT2D eigenvalue weighted by Gasteiger charge is -2.16. The summed E-state index contributed by atoms with van der Waals surface area (Å²) in [6.45, 7) is 1.17. The lowest BCUT2D eigenvalue weighted by Crippen LogP contribution is -2.33.